The fourth-order valence-corrected chi connectivity index (χ4v) is 2.91. The molecule has 0 bridgehead atoms. The average Bonchev–Trinajstić information content (AvgIpc) is 3.04. The van der Waals surface area contributed by atoms with E-state index in [0.717, 1.165) is 22.5 Å². The molecule has 110 valence electrons. The number of nitriles is 2. The standard InChI is InChI=1S/C17H12N6/c18-8-13-14(9-19)23-17(22-13)12-6-5-11-4-3-10-2-1-7-20-15(10)16(11)21-12/h1-7,15,17,20,22-23H. The third-order valence-electron chi connectivity index (χ3n) is 4.04. The van der Waals surface area contributed by atoms with Gasteiger partial charge in [0.2, 0.25) is 0 Å². The van der Waals surface area contributed by atoms with E-state index in [0.29, 0.717) is 0 Å². The molecule has 1 atom stereocenters. The van der Waals surface area contributed by atoms with Gasteiger partial charge in [0.05, 0.1) is 17.4 Å². The van der Waals surface area contributed by atoms with Crippen molar-refractivity contribution in [1.29, 1.82) is 10.5 Å². The Bertz CT molecular complexity index is 865. The van der Waals surface area contributed by atoms with E-state index in [1.165, 1.54) is 0 Å². The fourth-order valence-electron chi connectivity index (χ4n) is 2.91. The molecule has 0 saturated carbocycles. The Balaban J connectivity index is 1.69. The molecule has 2 aliphatic heterocycles. The first-order chi connectivity index (χ1) is 11.3. The molecule has 3 heterocycles. The smallest absolute Gasteiger partial charge is 0.150 e. The van der Waals surface area contributed by atoms with Crippen molar-refractivity contribution in [2.75, 3.05) is 0 Å². The lowest BCUT2D eigenvalue weighted by atomic mass is 9.91. The number of nitrogens with zero attached hydrogens (tertiary/aromatic N) is 3. The van der Waals surface area contributed by atoms with Gasteiger partial charge in [-0.2, -0.15) is 10.5 Å². The maximum Gasteiger partial charge on any atom is 0.150 e. The minimum atomic E-state index is -0.373. The molecule has 1 aromatic heterocycles. The average molecular weight is 300 g/mol. The second-order valence-corrected chi connectivity index (χ2v) is 5.36. The second-order valence-electron chi connectivity index (χ2n) is 5.36. The molecule has 1 aliphatic carbocycles. The van der Waals surface area contributed by atoms with Crippen LogP contribution in [0.1, 0.15) is 29.2 Å². The molecular weight excluding hydrogens is 288 g/mol. The highest BCUT2D eigenvalue weighted by Crippen LogP contribution is 2.33. The number of dihydropyridines is 1. The van der Waals surface area contributed by atoms with Crippen LogP contribution in [0.5, 0.6) is 0 Å². The number of nitrogens with one attached hydrogen (secondary N) is 3. The van der Waals surface area contributed by atoms with E-state index in [-0.39, 0.29) is 23.6 Å². The molecule has 6 nitrogen and oxygen atoms in total. The Kier molecular flexibility index (Phi) is 2.89. The molecule has 0 amide bonds. The van der Waals surface area contributed by atoms with Crippen molar-refractivity contribution in [3.63, 3.8) is 0 Å². The van der Waals surface area contributed by atoms with Crippen molar-refractivity contribution in [2.24, 2.45) is 0 Å². The Hall–Kier alpha value is -3.51. The quantitative estimate of drug-likeness (QED) is 0.729. The lowest BCUT2D eigenvalue weighted by Crippen LogP contribution is -2.28. The molecule has 6 heteroatoms. The fraction of sp³-hybridized carbons (Fsp3) is 0.118. The Labute approximate surface area is 133 Å². The monoisotopic (exact) mass is 300 g/mol. The molecular formula is C17H12N6. The van der Waals surface area contributed by atoms with Crippen LogP contribution < -0.4 is 16.0 Å². The van der Waals surface area contributed by atoms with Gasteiger partial charge in [0.15, 0.2) is 0 Å². The van der Waals surface area contributed by atoms with Crippen molar-refractivity contribution >= 4 is 6.08 Å². The number of hydrogen-bond acceptors (Lipinski definition) is 6. The number of pyridine rings is 1. The molecule has 1 aromatic rings. The topological polar surface area (TPSA) is 96.6 Å². The van der Waals surface area contributed by atoms with Crippen LogP contribution in [0, 0.1) is 22.7 Å². The van der Waals surface area contributed by atoms with Crippen LogP contribution >= 0.6 is 0 Å². The summed E-state index contributed by atoms with van der Waals surface area (Å²) in [6.45, 7) is 0. The summed E-state index contributed by atoms with van der Waals surface area (Å²) in [6.07, 6.45) is 9.69. The van der Waals surface area contributed by atoms with E-state index < -0.39 is 0 Å². The van der Waals surface area contributed by atoms with E-state index in [1.54, 1.807) is 0 Å². The minimum absolute atomic E-state index is 0.0280. The van der Waals surface area contributed by atoms with Gasteiger partial charge in [0, 0.05) is 0 Å². The van der Waals surface area contributed by atoms with Crippen molar-refractivity contribution in [2.45, 2.75) is 12.2 Å². The van der Waals surface area contributed by atoms with Gasteiger partial charge in [-0.3, -0.25) is 4.98 Å². The summed E-state index contributed by atoms with van der Waals surface area (Å²) in [6, 6.07) is 7.90. The Morgan fingerprint density at radius 2 is 1.83 bits per heavy atom. The van der Waals surface area contributed by atoms with Crippen LogP contribution in [0.2, 0.25) is 0 Å². The summed E-state index contributed by atoms with van der Waals surface area (Å²) < 4.78 is 0. The van der Waals surface area contributed by atoms with Crippen LogP contribution in [-0.4, -0.2) is 4.98 Å². The largest absolute Gasteiger partial charge is 0.379 e. The maximum atomic E-state index is 9.06. The van der Waals surface area contributed by atoms with Crippen LogP contribution in [0.3, 0.4) is 0 Å². The van der Waals surface area contributed by atoms with Gasteiger partial charge in [0.25, 0.3) is 0 Å². The van der Waals surface area contributed by atoms with E-state index in [2.05, 4.69) is 28.1 Å². The summed E-state index contributed by atoms with van der Waals surface area (Å²) in [7, 11) is 0. The molecule has 23 heavy (non-hydrogen) atoms. The lowest BCUT2D eigenvalue weighted by Gasteiger charge is -2.27. The Morgan fingerprint density at radius 3 is 2.57 bits per heavy atom. The first kappa shape index (κ1) is 13.2. The number of allylic oxidation sites excluding steroid dienone is 4. The van der Waals surface area contributed by atoms with Gasteiger partial charge in [0.1, 0.15) is 29.7 Å². The predicted molar refractivity (Wildman–Crippen MR) is 83.6 cm³/mol. The van der Waals surface area contributed by atoms with Gasteiger partial charge >= 0.3 is 0 Å². The second kappa shape index (κ2) is 5.04. The van der Waals surface area contributed by atoms with E-state index >= 15 is 0 Å². The molecule has 4 rings (SSSR count). The van der Waals surface area contributed by atoms with Gasteiger partial charge in [-0.25, -0.2) is 0 Å². The zero-order chi connectivity index (χ0) is 15.8. The van der Waals surface area contributed by atoms with Gasteiger partial charge < -0.3 is 16.0 Å². The lowest BCUT2D eigenvalue weighted by molar-refractivity contribution is 0.568. The Morgan fingerprint density at radius 1 is 1.04 bits per heavy atom. The van der Waals surface area contributed by atoms with Crippen LogP contribution in [0.4, 0.5) is 0 Å². The molecule has 0 radical (unpaired) electrons. The third-order valence-corrected chi connectivity index (χ3v) is 4.04. The molecule has 0 saturated heterocycles. The molecule has 3 aliphatic rings. The summed E-state index contributed by atoms with van der Waals surface area (Å²) in [5.41, 5.74) is 4.39. The van der Waals surface area contributed by atoms with E-state index in [4.69, 9.17) is 15.5 Å². The summed E-state index contributed by atoms with van der Waals surface area (Å²) in [5.74, 6) is 0. The predicted octanol–water partition coefficient (Wildman–Crippen LogP) is 1.64. The van der Waals surface area contributed by atoms with E-state index in [1.807, 2.05) is 42.6 Å². The zero-order valence-electron chi connectivity index (χ0n) is 12.0. The van der Waals surface area contributed by atoms with Gasteiger partial charge in [-0.15, -0.1) is 0 Å². The molecule has 0 aromatic carbocycles. The molecule has 0 spiro atoms. The third kappa shape index (κ3) is 2.05. The number of hydrogen-bond donors (Lipinski definition) is 3. The molecule has 3 N–H and O–H groups in total. The van der Waals surface area contributed by atoms with Crippen molar-refractivity contribution < 1.29 is 0 Å². The van der Waals surface area contributed by atoms with Gasteiger partial charge in [-0.05, 0) is 29.5 Å². The molecule has 1 unspecified atom stereocenters. The number of aromatic nitrogens is 1. The highest BCUT2D eigenvalue weighted by molar-refractivity contribution is 5.63. The summed E-state index contributed by atoms with van der Waals surface area (Å²) in [4.78, 5) is 4.76. The van der Waals surface area contributed by atoms with Crippen molar-refractivity contribution in [1.82, 2.24) is 20.9 Å². The first-order valence-corrected chi connectivity index (χ1v) is 7.19. The normalized spacial score (nSPS) is 21.1. The van der Waals surface area contributed by atoms with Crippen LogP contribution in [0.25, 0.3) is 6.08 Å². The SMILES string of the molecule is N#CC1=C(C#N)NC(c2ccc3c(n2)C2NC=CC=C2C=C3)N1. The number of fused-ring (bicyclic) bond motifs is 3. The summed E-state index contributed by atoms with van der Waals surface area (Å²) >= 11 is 0. The number of rotatable bonds is 1. The van der Waals surface area contributed by atoms with Crippen molar-refractivity contribution in [3.8, 4) is 12.1 Å². The van der Waals surface area contributed by atoms with Crippen LogP contribution in [0.15, 0.2) is 53.5 Å². The minimum Gasteiger partial charge on any atom is -0.379 e. The highest BCUT2D eigenvalue weighted by Gasteiger charge is 2.28. The maximum absolute atomic E-state index is 9.06. The van der Waals surface area contributed by atoms with Gasteiger partial charge in [-0.1, -0.05) is 24.3 Å². The highest BCUT2D eigenvalue weighted by atomic mass is 15.2. The summed E-state index contributed by atoms with van der Waals surface area (Å²) in [5, 5.41) is 27.4. The van der Waals surface area contributed by atoms with E-state index in [9.17, 15) is 0 Å². The van der Waals surface area contributed by atoms with Crippen LogP contribution in [-0.2, 0) is 0 Å². The first-order valence-electron chi connectivity index (χ1n) is 7.19. The molecule has 0 fully saturated rings. The van der Waals surface area contributed by atoms with Crippen molar-refractivity contribution in [3.05, 3.63) is 70.5 Å². The zero-order valence-corrected chi connectivity index (χ0v) is 12.0.